The van der Waals surface area contributed by atoms with Crippen molar-refractivity contribution in [2.24, 2.45) is 10.8 Å². The molecule has 1 aromatic carbocycles. The van der Waals surface area contributed by atoms with Crippen LogP contribution in [0, 0.1) is 28.3 Å². The summed E-state index contributed by atoms with van der Waals surface area (Å²) in [6.07, 6.45) is 6.78. The van der Waals surface area contributed by atoms with Crippen LogP contribution in [0.5, 0.6) is 0 Å². The van der Waals surface area contributed by atoms with Crippen molar-refractivity contribution in [2.45, 2.75) is 64.5 Å². The Kier molecular flexibility index (Phi) is 5.58. The second-order valence-corrected chi connectivity index (χ2v) is 11.1. The van der Waals surface area contributed by atoms with E-state index >= 15 is 0 Å². The third-order valence-corrected chi connectivity index (χ3v) is 9.17. The standard InChI is InChI=1S/C28H28F3N3O3/c29-20-13-22(31)21(30)12-17(20)15-34-23-16-33(11-3-18(23)19-2-1-10-32-25(19)34)24(35)14-27-4-7-28(8-5-27,9-6-27)26(36)37/h1-2,10,12-13H,3-9,11,14-16H2,(H,36,37). The maximum atomic E-state index is 14.5. The molecule has 3 heterocycles. The second kappa shape index (κ2) is 8.60. The fourth-order valence-electron chi connectivity index (χ4n) is 6.78. The van der Waals surface area contributed by atoms with Crippen molar-refractivity contribution in [2.75, 3.05) is 6.54 Å². The van der Waals surface area contributed by atoms with E-state index in [4.69, 9.17) is 0 Å². The van der Waals surface area contributed by atoms with E-state index in [-0.39, 0.29) is 23.4 Å². The number of rotatable bonds is 5. The van der Waals surface area contributed by atoms with Gasteiger partial charge in [0.1, 0.15) is 11.5 Å². The van der Waals surface area contributed by atoms with Crippen LogP contribution in [0.4, 0.5) is 13.2 Å². The van der Waals surface area contributed by atoms with Crippen molar-refractivity contribution in [1.29, 1.82) is 0 Å². The van der Waals surface area contributed by atoms with Gasteiger partial charge in [0.05, 0.1) is 18.5 Å². The molecule has 3 fully saturated rings. The number of carboxylic acid groups (broad SMARTS) is 1. The summed E-state index contributed by atoms with van der Waals surface area (Å²) in [6.45, 7) is 0.842. The molecular weight excluding hydrogens is 483 g/mol. The lowest BCUT2D eigenvalue weighted by Gasteiger charge is -2.51. The molecule has 3 saturated carbocycles. The van der Waals surface area contributed by atoms with Crippen LogP contribution < -0.4 is 0 Å². The van der Waals surface area contributed by atoms with Crippen molar-refractivity contribution < 1.29 is 27.9 Å². The lowest BCUT2D eigenvalue weighted by Crippen LogP contribution is -2.48. The summed E-state index contributed by atoms with van der Waals surface area (Å²) in [5.74, 6) is -3.85. The zero-order valence-corrected chi connectivity index (χ0v) is 20.4. The molecule has 1 N–H and O–H groups in total. The molecule has 1 amide bonds. The van der Waals surface area contributed by atoms with Crippen LogP contribution in [-0.4, -0.2) is 38.0 Å². The molecular formula is C28H28F3N3O3. The van der Waals surface area contributed by atoms with Gasteiger partial charge in [0.25, 0.3) is 0 Å². The first-order valence-corrected chi connectivity index (χ1v) is 12.8. The van der Waals surface area contributed by atoms with Gasteiger partial charge < -0.3 is 14.6 Å². The number of amides is 1. The van der Waals surface area contributed by atoms with Gasteiger partial charge in [0.2, 0.25) is 5.91 Å². The molecule has 9 heteroatoms. The van der Waals surface area contributed by atoms with E-state index in [0.717, 1.165) is 42.0 Å². The molecule has 6 nitrogen and oxygen atoms in total. The topological polar surface area (TPSA) is 75.4 Å². The third-order valence-electron chi connectivity index (χ3n) is 9.17. The number of carbonyl (C=O) groups excluding carboxylic acids is 1. The van der Waals surface area contributed by atoms with Gasteiger partial charge in [-0.1, -0.05) is 0 Å². The number of carbonyl (C=O) groups is 2. The van der Waals surface area contributed by atoms with E-state index in [1.165, 1.54) is 0 Å². The molecule has 0 saturated heterocycles. The molecule has 2 bridgehead atoms. The summed E-state index contributed by atoms with van der Waals surface area (Å²) >= 11 is 0. The number of hydrogen-bond acceptors (Lipinski definition) is 3. The van der Waals surface area contributed by atoms with E-state index in [1.807, 2.05) is 17.0 Å². The maximum Gasteiger partial charge on any atom is 0.309 e. The average Bonchev–Trinajstić information content (AvgIpc) is 3.21. The fraction of sp³-hybridized carbons (Fsp3) is 0.464. The van der Waals surface area contributed by atoms with Crippen molar-refractivity contribution in [1.82, 2.24) is 14.5 Å². The highest BCUT2D eigenvalue weighted by atomic mass is 19.2. The molecule has 7 rings (SSSR count). The number of hydrogen-bond donors (Lipinski definition) is 1. The first-order chi connectivity index (χ1) is 17.7. The van der Waals surface area contributed by atoms with Crippen molar-refractivity contribution in [3.8, 4) is 0 Å². The summed E-state index contributed by atoms with van der Waals surface area (Å²) in [5.41, 5.74) is 1.74. The van der Waals surface area contributed by atoms with E-state index < -0.39 is 28.8 Å². The minimum atomic E-state index is -1.24. The van der Waals surface area contributed by atoms with Gasteiger partial charge in [-0.15, -0.1) is 0 Å². The number of fused-ring (bicyclic) bond motifs is 6. The van der Waals surface area contributed by atoms with Gasteiger partial charge in [0, 0.05) is 41.9 Å². The summed E-state index contributed by atoms with van der Waals surface area (Å²) in [4.78, 5) is 31.6. The molecule has 3 aromatic rings. The Morgan fingerprint density at radius 2 is 1.70 bits per heavy atom. The average molecular weight is 512 g/mol. The number of nitrogens with zero attached hydrogens (tertiary/aromatic N) is 3. The van der Waals surface area contributed by atoms with Gasteiger partial charge in [-0.3, -0.25) is 9.59 Å². The van der Waals surface area contributed by atoms with Crippen LogP contribution in [0.2, 0.25) is 0 Å². The maximum absolute atomic E-state index is 14.5. The number of aromatic nitrogens is 2. The van der Waals surface area contributed by atoms with Crippen LogP contribution in [0.25, 0.3) is 11.0 Å². The molecule has 0 unspecified atom stereocenters. The Morgan fingerprint density at radius 1 is 1.00 bits per heavy atom. The van der Waals surface area contributed by atoms with E-state index in [0.29, 0.717) is 56.9 Å². The number of aliphatic carboxylic acids is 1. The summed E-state index contributed by atoms with van der Waals surface area (Å²) < 4.78 is 43.8. The predicted octanol–water partition coefficient (Wildman–Crippen LogP) is 5.20. The zero-order chi connectivity index (χ0) is 25.9. The van der Waals surface area contributed by atoms with E-state index in [2.05, 4.69) is 4.98 Å². The summed E-state index contributed by atoms with van der Waals surface area (Å²) in [7, 11) is 0. The number of halogens is 3. The van der Waals surface area contributed by atoms with Gasteiger partial charge in [0.15, 0.2) is 11.6 Å². The molecule has 2 aromatic heterocycles. The SMILES string of the molecule is O=C(CC12CCC(C(=O)O)(CC1)CC2)N1CCc2c(n(Cc3cc(F)c(F)cc3F)c3ncccc23)C1. The monoisotopic (exact) mass is 511 g/mol. The van der Waals surface area contributed by atoms with Crippen LogP contribution >= 0.6 is 0 Å². The largest absolute Gasteiger partial charge is 0.481 e. The molecule has 3 aliphatic carbocycles. The van der Waals surface area contributed by atoms with Gasteiger partial charge in [-0.25, -0.2) is 18.2 Å². The first kappa shape index (κ1) is 24.0. The lowest BCUT2D eigenvalue weighted by molar-refractivity contribution is -0.160. The van der Waals surface area contributed by atoms with Crippen LogP contribution in [0.1, 0.15) is 61.8 Å². The number of pyridine rings is 1. The minimum absolute atomic E-state index is 0.0120. The molecule has 194 valence electrons. The van der Waals surface area contributed by atoms with Crippen LogP contribution in [-0.2, 0) is 29.1 Å². The van der Waals surface area contributed by atoms with Crippen molar-refractivity contribution in [3.05, 3.63) is 64.7 Å². The van der Waals surface area contributed by atoms with E-state index in [9.17, 15) is 27.9 Å². The Morgan fingerprint density at radius 3 is 2.41 bits per heavy atom. The Bertz CT molecular complexity index is 1410. The first-order valence-electron chi connectivity index (χ1n) is 12.8. The number of benzene rings is 1. The quantitative estimate of drug-likeness (QED) is 0.478. The lowest BCUT2D eigenvalue weighted by atomic mass is 9.53. The Labute approximate surface area is 212 Å². The van der Waals surface area contributed by atoms with Crippen molar-refractivity contribution in [3.63, 3.8) is 0 Å². The van der Waals surface area contributed by atoms with Crippen LogP contribution in [0.3, 0.4) is 0 Å². The van der Waals surface area contributed by atoms with Gasteiger partial charge in [-0.2, -0.15) is 0 Å². The molecule has 37 heavy (non-hydrogen) atoms. The Hall–Kier alpha value is -3.36. The molecule has 4 aliphatic rings. The molecule has 1 aliphatic heterocycles. The van der Waals surface area contributed by atoms with Crippen molar-refractivity contribution >= 4 is 22.9 Å². The number of carboxylic acids is 1. The van der Waals surface area contributed by atoms with E-state index in [1.54, 1.807) is 10.8 Å². The summed E-state index contributed by atoms with van der Waals surface area (Å²) in [6, 6.07) is 5.19. The highest BCUT2D eigenvalue weighted by Crippen LogP contribution is 2.58. The second-order valence-electron chi connectivity index (χ2n) is 11.1. The highest BCUT2D eigenvalue weighted by Gasteiger charge is 2.53. The summed E-state index contributed by atoms with van der Waals surface area (Å²) in [5, 5.41) is 10.6. The Balaban J connectivity index is 1.27. The normalized spacial score (nSPS) is 24.9. The van der Waals surface area contributed by atoms with Gasteiger partial charge in [-0.05, 0) is 74.1 Å². The molecule has 0 radical (unpaired) electrons. The molecule has 0 atom stereocenters. The smallest absolute Gasteiger partial charge is 0.309 e. The van der Waals surface area contributed by atoms with Crippen LogP contribution in [0.15, 0.2) is 30.5 Å². The minimum Gasteiger partial charge on any atom is -0.481 e. The fourth-order valence-corrected chi connectivity index (χ4v) is 6.78. The van der Waals surface area contributed by atoms with Gasteiger partial charge >= 0.3 is 5.97 Å². The molecule has 0 spiro atoms. The predicted molar refractivity (Wildman–Crippen MR) is 129 cm³/mol. The third kappa shape index (κ3) is 3.90. The zero-order valence-electron chi connectivity index (χ0n) is 20.4. The highest BCUT2D eigenvalue weighted by molar-refractivity contribution is 5.84.